The molecular formula is C20H26N2O2. The summed E-state index contributed by atoms with van der Waals surface area (Å²) >= 11 is 0. The maximum Gasteiger partial charge on any atom is 0.241 e. The fourth-order valence-corrected chi connectivity index (χ4v) is 2.56. The van der Waals surface area contributed by atoms with E-state index in [-0.39, 0.29) is 11.9 Å². The van der Waals surface area contributed by atoms with Crippen LogP contribution in [0.2, 0.25) is 0 Å². The molecule has 0 fully saturated rings. The first-order valence-electron chi connectivity index (χ1n) is 8.45. The average molecular weight is 326 g/mol. The van der Waals surface area contributed by atoms with E-state index in [4.69, 9.17) is 4.74 Å². The molecule has 0 radical (unpaired) electrons. The standard InChI is InChI=1S/C20H26N2O2/c1-4-22(5-2)16(3)20(23)21-18-11-13-19(14-12-18)24-15-17-9-7-6-8-10-17/h6-14,16H,4-5,15H2,1-3H3,(H,21,23). The Bertz CT molecular complexity index is 622. The second-order valence-electron chi connectivity index (χ2n) is 5.69. The van der Waals surface area contributed by atoms with Crippen molar-refractivity contribution in [3.05, 3.63) is 60.2 Å². The lowest BCUT2D eigenvalue weighted by molar-refractivity contribution is -0.120. The minimum atomic E-state index is -0.144. The van der Waals surface area contributed by atoms with Crippen LogP contribution in [0, 0.1) is 0 Å². The van der Waals surface area contributed by atoms with Crippen LogP contribution < -0.4 is 10.1 Å². The van der Waals surface area contributed by atoms with Gasteiger partial charge in [0, 0.05) is 5.69 Å². The van der Waals surface area contributed by atoms with Crippen molar-refractivity contribution >= 4 is 11.6 Å². The van der Waals surface area contributed by atoms with Crippen LogP contribution in [0.25, 0.3) is 0 Å². The Kier molecular flexibility index (Phi) is 6.82. The molecule has 0 saturated carbocycles. The highest BCUT2D eigenvalue weighted by molar-refractivity contribution is 5.94. The van der Waals surface area contributed by atoms with E-state index in [0.29, 0.717) is 6.61 Å². The summed E-state index contributed by atoms with van der Waals surface area (Å²) < 4.78 is 5.75. The molecule has 24 heavy (non-hydrogen) atoms. The van der Waals surface area contributed by atoms with Gasteiger partial charge in [-0.2, -0.15) is 0 Å². The van der Waals surface area contributed by atoms with Gasteiger partial charge in [-0.1, -0.05) is 44.2 Å². The molecule has 1 unspecified atom stereocenters. The lowest BCUT2D eigenvalue weighted by Crippen LogP contribution is -2.41. The molecule has 0 heterocycles. The number of ether oxygens (including phenoxy) is 1. The smallest absolute Gasteiger partial charge is 0.241 e. The maximum absolute atomic E-state index is 12.3. The van der Waals surface area contributed by atoms with Crippen molar-refractivity contribution in [3.63, 3.8) is 0 Å². The summed E-state index contributed by atoms with van der Waals surface area (Å²) in [6, 6.07) is 17.4. The molecular weight excluding hydrogens is 300 g/mol. The highest BCUT2D eigenvalue weighted by atomic mass is 16.5. The van der Waals surface area contributed by atoms with Gasteiger partial charge in [-0.3, -0.25) is 9.69 Å². The van der Waals surface area contributed by atoms with Crippen molar-refractivity contribution in [3.8, 4) is 5.75 Å². The molecule has 0 aliphatic rings. The molecule has 0 aliphatic heterocycles. The number of nitrogens with zero attached hydrogens (tertiary/aromatic N) is 1. The summed E-state index contributed by atoms with van der Waals surface area (Å²) in [6.45, 7) is 8.30. The minimum Gasteiger partial charge on any atom is -0.489 e. The number of carbonyl (C=O) groups is 1. The van der Waals surface area contributed by atoms with Crippen molar-refractivity contribution in [2.75, 3.05) is 18.4 Å². The fraction of sp³-hybridized carbons (Fsp3) is 0.350. The largest absolute Gasteiger partial charge is 0.489 e. The Hall–Kier alpha value is -2.33. The number of carbonyl (C=O) groups excluding carboxylic acids is 1. The highest BCUT2D eigenvalue weighted by Gasteiger charge is 2.18. The summed E-state index contributed by atoms with van der Waals surface area (Å²) in [4.78, 5) is 14.4. The molecule has 0 spiro atoms. The molecule has 2 aromatic carbocycles. The number of nitrogens with one attached hydrogen (secondary N) is 1. The first kappa shape index (κ1) is 18.0. The summed E-state index contributed by atoms with van der Waals surface area (Å²) in [5.74, 6) is 0.797. The third-order valence-corrected chi connectivity index (χ3v) is 4.11. The van der Waals surface area contributed by atoms with Gasteiger partial charge in [0.05, 0.1) is 6.04 Å². The van der Waals surface area contributed by atoms with Crippen molar-refractivity contribution in [1.29, 1.82) is 0 Å². The maximum atomic E-state index is 12.3. The SMILES string of the molecule is CCN(CC)C(C)C(=O)Nc1ccc(OCc2ccccc2)cc1. The van der Waals surface area contributed by atoms with E-state index >= 15 is 0 Å². The van der Waals surface area contributed by atoms with Crippen molar-refractivity contribution in [2.24, 2.45) is 0 Å². The number of hydrogen-bond acceptors (Lipinski definition) is 3. The molecule has 2 aromatic rings. The average Bonchev–Trinajstić information content (AvgIpc) is 2.63. The van der Waals surface area contributed by atoms with Crippen LogP contribution in [0.5, 0.6) is 5.75 Å². The second-order valence-corrected chi connectivity index (χ2v) is 5.69. The molecule has 1 atom stereocenters. The van der Waals surface area contributed by atoms with Crippen LogP contribution in [-0.4, -0.2) is 29.9 Å². The van der Waals surface area contributed by atoms with Gasteiger partial charge in [0.25, 0.3) is 0 Å². The summed E-state index contributed by atoms with van der Waals surface area (Å²) in [7, 11) is 0. The number of anilines is 1. The Morgan fingerprint density at radius 1 is 1.04 bits per heavy atom. The lowest BCUT2D eigenvalue weighted by atomic mass is 10.2. The van der Waals surface area contributed by atoms with E-state index in [1.165, 1.54) is 0 Å². The normalized spacial score (nSPS) is 12.0. The van der Waals surface area contributed by atoms with Gasteiger partial charge in [-0.05, 0) is 49.8 Å². The Balaban J connectivity index is 1.88. The quantitative estimate of drug-likeness (QED) is 0.799. The molecule has 4 heteroatoms. The molecule has 1 amide bonds. The van der Waals surface area contributed by atoms with Crippen molar-refractivity contribution in [1.82, 2.24) is 4.90 Å². The van der Waals surface area contributed by atoms with Gasteiger partial charge in [-0.15, -0.1) is 0 Å². The zero-order valence-corrected chi connectivity index (χ0v) is 14.7. The van der Waals surface area contributed by atoms with Crippen molar-refractivity contribution < 1.29 is 9.53 Å². The first-order chi connectivity index (χ1) is 11.6. The van der Waals surface area contributed by atoms with E-state index in [0.717, 1.165) is 30.1 Å². The third kappa shape index (κ3) is 5.10. The molecule has 128 valence electrons. The van der Waals surface area contributed by atoms with E-state index in [1.807, 2.05) is 61.5 Å². The van der Waals surface area contributed by atoms with Gasteiger partial charge in [0.1, 0.15) is 12.4 Å². The summed E-state index contributed by atoms with van der Waals surface area (Å²) in [6.07, 6.45) is 0. The fourth-order valence-electron chi connectivity index (χ4n) is 2.56. The van der Waals surface area contributed by atoms with E-state index in [2.05, 4.69) is 24.1 Å². The Morgan fingerprint density at radius 2 is 1.67 bits per heavy atom. The predicted molar refractivity (Wildman–Crippen MR) is 98.2 cm³/mol. The lowest BCUT2D eigenvalue weighted by Gasteiger charge is -2.25. The monoisotopic (exact) mass is 326 g/mol. The van der Waals surface area contributed by atoms with Crippen LogP contribution in [0.3, 0.4) is 0 Å². The molecule has 0 bridgehead atoms. The number of hydrogen-bond donors (Lipinski definition) is 1. The summed E-state index contributed by atoms with van der Waals surface area (Å²) in [5.41, 5.74) is 1.91. The zero-order valence-electron chi connectivity index (χ0n) is 14.7. The minimum absolute atomic E-state index is 0.0108. The van der Waals surface area contributed by atoms with E-state index in [1.54, 1.807) is 0 Å². The molecule has 2 rings (SSSR count). The van der Waals surface area contributed by atoms with Gasteiger partial charge in [0.15, 0.2) is 0 Å². The predicted octanol–water partition coefficient (Wildman–Crippen LogP) is 3.93. The highest BCUT2D eigenvalue weighted by Crippen LogP contribution is 2.17. The van der Waals surface area contributed by atoms with Crippen LogP contribution in [0.15, 0.2) is 54.6 Å². The number of likely N-dealkylation sites (N-methyl/N-ethyl adjacent to an activating group) is 1. The number of amides is 1. The van der Waals surface area contributed by atoms with Gasteiger partial charge >= 0.3 is 0 Å². The first-order valence-corrected chi connectivity index (χ1v) is 8.45. The number of benzene rings is 2. The van der Waals surface area contributed by atoms with Crippen LogP contribution in [0.4, 0.5) is 5.69 Å². The number of rotatable bonds is 8. The molecule has 0 aliphatic carbocycles. The zero-order chi connectivity index (χ0) is 17.4. The van der Waals surface area contributed by atoms with Crippen LogP contribution in [0.1, 0.15) is 26.3 Å². The van der Waals surface area contributed by atoms with E-state index < -0.39 is 0 Å². The third-order valence-electron chi connectivity index (χ3n) is 4.11. The van der Waals surface area contributed by atoms with E-state index in [9.17, 15) is 4.79 Å². The molecule has 0 aromatic heterocycles. The van der Waals surface area contributed by atoms with Crippen LogP contribution >= 0.6 is 0 Å². The van der Waals surface area contributed by atoms with Gasteiger partial charge in [0.2, 0.25) is 5.91 Å². The second kappa shape index (κ2) is 9.08. The molecule has 4 nitrogen and oxygen atoms in total. The Labute approximate surface area is 144 Å². The van der Waals surface area contributed by atoms with Gasteiger partial charge < -0.3 is 10.1 Å². The van der Waals surface area contributed by atoms with Crippen LogP contribution in [-0.2, 0) is 11.4 Å². The molecule has 0 saturated heterocycles. The molecule has 1 N–H and O–H groups in total. The van der Waals surface area contributed by atoms with Crippen molar-refractivity contribution in [2.45, 2.75) is 33.4 Å². The van der Waals surface area contributed by atoms with Gasteiger partial charge in [-0.25, -0.2) is 0 Å². The Morgan fingerprint density at radius 3 is 2.25 bits per heavy atom. The topological polar surface area (TPSA) is 41.6 Å². The summed E-state index contributed by atoms with van der Waals surface area (Å²) in [5, 5.41) is 2.96.